The van der Waals surface area contributed by atoms with Crippen molar-refractivity contribution in [3.8, 4) is 0 Å². The summed E-state index contributed by atoms with van der Waals surface area (Å²) in [6.45, 7) is 0. The summed E-state index contributed by atoms with van der Waals surface area (Å²) in [6, 6.07) is 2.91. The van der Waals surface area contributed by atoms with E-state index in [0.717, 1.165) is 25.3 Å². The second-order valence-electron chi connectivity index (χ2n) is 2.42. The molecule has 0 aliphatic carbocycles. The molecule has 0 spiro atoms. The van der Waals surface area contributed by atoms with E-state index in [-0.39, 0.29) is 10.5 Å². The zero-order chi connectivity index (χ0) is 10.7. The van der Waals surface area contributed by atoms with Crippen LogP contribution >= 0.6 is 0 Å². The molecule has 0 saturated carbocycles. The summed E-state index contributed by atoms with van der Waals surface area (Å²) in [5.74, 6) is -1.51. The van der Waals surface area contributed by atoms with Crippen molar-refractivity contribution in [1.29, 1.82) is 0 Å². The van der Waals surface area contributed by atoms with Crippen LogP contribution in [0.3, 0.4) is 0 Å². The van der Waals surface area contributed by atoms with E-state index in [2.05, 4.69) is 4.74 Å². The minimum absolute atomic E-state index is 0.0927. The van der Waals surface area contributed by atoms with Gasteiger partial charge in [0.1, 0.15) is 5.82 Å². The van der Waals surface area contributed by atoms with E-state index in [9.17, 15) is 13.4 Å². The van der Waals surface area contributed by atoms with Gasteiger partial charge in [-0.1, -0.05) is 0 Å². The van der Waals surface area contributed by atoms with Crippen LogP contribution in [0.1, 0.15) is 10.4 Å². The Labute approximate surface area is 82.0 Å². The van der Waals surface area contributed by atoms with Gasteiger partial charge in [0.2, 0.25) is 0 Å². The van der Waals surface area contributed by atoms with Crippen molar-refractivity contribution >= 4 is 17.0 Å². The fourth-order valence-electron chi connectivity index (χ4n) is 0.899. The summed E-state index contributed by atoms with van der Waals surface area (Å²) in [7, 11) is 1.14. The molecule has 1 aromatic carbocycles. The summed E-state index contributed by atoms with van der Waals surface area (Å²) in [5.41, 5.74) is -0.0927. The fourth-order valence-corrected chi connectivity index (χ4v) is 1.34. The van der Waals surface area contributed by atoms with Gasteiger partial charge in [0, 0.05) is 0 Å². The van der Waals surface area contributed by atoms with Crippen molar-refractivity contribution in [3.63, 3.8) is 0 Å². The molecule has 1 aromatic rings. The quantitative estimate of drug-likeness (QED) is 0.598. The lowest BCUT2D eigenvalue weighted by Crippen LogP contribution is -2.03. The maximum Gasteiger partial charge on any atom is 0.337 e. The van der Waals surface area contributed by atoms with Crippen molar-refractivity contribution in [1.82, 2.24) is 0 Å². The molecule has 1 atom stereocenters. The highest BCUT2D eigenvalue weighted by atomic mass is 32.2. The van der Waals surface area contributed by atoms with E-state index in [1.807, 2.05) is 0 Å². The second kappa shape index (κ2) is 4.30. The van der Waals surface area contributed by atoms with Crippen LogP contribution in [0.2, 0.25) is 0 Å². The molecule has 1 N–H and O–H groups in total. The van der Waals surface area contributed by atoms with Crippen LogP contribution in [0.5, 0.6) is 0 Å². The van der Waals surface area contributed by atoms with Crippen molar-refractivity contribution in [2.24, 2.45) is 0 Å². The Morgan fingerprint density at radius 3 is 2.64 bits per heavy atom. The lowest BCUT2D eigenvalue weighted by Gasteiger charge is -2.01. The predicted molar refractivity (Wildman–Crippen MR) is 46.8 cm³/mol. The van der Waals surface area contributed by atoms with Gasteiger partial charge < -0.3 is 9.29 Å². The second-order valence-corrected chi connectivity index (χ2v) is 3.39. The first kappa shape index (κ1) is 10.8. The Hall–Kier alpha value is -1.27. The zero-order valence-corrected chi connectivity index (χ0v) is 8.01. The van der Waals surface area contributed by atoms with Gasteiger partial charge in [-0.15, -0.1) is 0 Å². The van der Waals surface area contributed by atoms with Gasteiger partial charge in [0.15, 0.2) is 11.1 Å². The van der Waals surface area contributed by atoms with Gasteiger partial charge in [-0.05, 0) is 18.2 Å². The van der Waals surface area contributed by atoms with Crippen molar-refractivity contribution in [2.45, 2.75) is 4.90 Å². The minimum atomic E-state index is -2.32. The Kier molecular flexibility index (Phi) is 3.32. The molecule has 1 unspecified atom stereocenters. The molecule has 0 radical (unpaired) electrons. The average molecular weight is 218 g/mol. The molecular weight excluding hydrogens is 211 g/mol. The summed E-state index contributed by atoms with van der Waals surface area (Å²) in [5, 5.41) is 0. The van der Waals surface area contributed by atoms with Crippen LogP contribution in [-0.4, -0.2) is 21.8 Å². The predicted octanol–water partition coefficient (Wildman–Crippen LogP) is 1.19. The van der Waals surface area contributed by atoms with E-state index in [1.165, 1.54) is 0 Å². The molecule has 0 fully saturated rings. The third kappa shape index (κ3) is 2.36. The normalized spacial score (nSPS) is 12.2. The summed E-state index contributed by atoms with van der Waals surface area (Å²) >= 11 is -2.32. The van der Waals surface area contributed by atoms with Crippen LogP contribution in [-0.2, 0) is 15.8 Å². The molecule has 0 saturated heterocycles. The van der Waals surface area contributed by atoms with Crippen LogP contribution < -0.4 is 0 Å². The first-order valence-corrected chi connectivity index (χ1v) is 4.65. The molecule has 76 valence electrons. The van der Waals surface area contributed by atoms with Crippen LogP contribution in [0, 0.1) is 5.82 Å². The van der Waals surface area contributed by atoms with Gasteiger partial charge >= 0.3 is 5.97 Å². The van der Waals surface area contributed by atoms with E-state index in [1.54, 1.807) is 0 Å². The highest BCUT2D eigenvalue weighted by Crippen LogP contribution is 2.12. The van der Waals surface area contributed by atoms with Crippen LogP contribution in [0.4, 0.5) is 4.39 Å². The van der Waals surface area contributed by atoms with Crippen molar-refractivity contribution in [3.05, 3.63) is 29.6 Å². The Bertz CT molecular complexity index is 391. The summed E-state index contributed by atoms with van der Waals surface area (Å²) in [6.07, 6.45) is 0. The molecule has 0 aliphatic rings. The molecule has 0 aliphatic heterocycles. The lowest BCUT2D eigenvalue weighted by molar-refractivity contribution is 0.0600. The number of ether oxygens (including phenoxy) is 1. The minimum Gasteiger partial charge on any atom is -0.465 e. The number of rotatable bonds is 2. The first-order chi connectivity index (χ1) is 6.54. The number of hydrogen-bond donors (Lipinski definition) is 1. The molecule has 4 nitrogen and oxygen atoms in total. The molecule has 1 rings (SSSR count). The largest absolute Gasteiger partial charge is 0.465 e. The molecule has 0 heterocycles. The van der Waals surface area contributed by atoms with Gasteiger partial charge in [0.25, 0.3) is 0 Å². The van der Waals surface area contributed by atoms with E-state index in [4.69, 9.17) is 4.55 Å². The molecule has 0 bridgehead atoms. The third-order valence-corrected chi connectivity index (χ3v) is 2.13. The zero-order valence-electron chi connectivity index (χ0n) is 7.19. The molecule has 0 amide bonds. The highest BCUT2D eigenvalue weighted by molar-refractivity contribution is 7.79. The van der Waals surface area contributed by atoms with Crippen LogP contribution in [0.15, 0.2) is 23.1 Å². The van der Waals surface area contributed by atoms with Gasteiger partial charge in [-0.3, -0.25) is 0 Å². The van der Waals surface area contributed by atoms with Gasteiger partial charge in [-0.25, -0.2) is 13.4 Å². The molecule has 0 aromatic heterocycles. The topological polar surface area (TPSA) is 63.6 Å². The van der Waals surface area contributed by atoms with Crippen molar-refractivity contribution < 1.29 is 22.7 Å². The Morgan fingerprint density at radius 2 is 2.14 bits per heavy atom. The highest BCUT2D eigenvalue weighted by Gasteiger charge is 2.11. The first-order valence-electron chi connectivity index (χ1n) is 3.54. The average Bonchev–Trinajstić information content (AvgIpc) is 2.15. The number of carbonyl (C=O) groups is 1. The van der Waals surface area contributed by atoms with Gasteiger partial charge in [0.05, 0.1) is 17.6 Å². The maximum absolute atomic E-state index is 12.8. The van der Waals surface area contributed by atoms with Crippen LogP contribution in [0.25, 0.3) is 0 Å². The monoisotopic (exact) mass is 218 g/mol. The number of methoxy groups -OCH3 is 1. The third-order valence-electron chi connectivity index (χ3n) is 1.49. The summed E-state index contributed by atoms with van der Waals surface area (Å²) < 4.78 is 36.5. The van der Waals surface area contributed by atoms with Crippen molar-refractivity contribution in [2.75, 3.05) is 7.11 Å². The number of carbonyl (C=O) groups excluding carboxylic acids is 1. The summed E-state index contributed by atoms with van der Waals surface area (Å²) in [4.78, 5) is 10.8. The maximum atomic E-state index is 12.8. The number of hydrogen-bond acceptors (Lipinski definition) is 3. The number of esters is 1. The number of halogens is 1. The van der Waals surface area contributed by atoms with E-state index < -0.39 is 22.9 Å². The van der Waals surface area contributed by atoms with E-state index in [0.29, 0.717) is 0 Å². The molecule has 14 heavy (non-hydrogen) atoms. The lowest BCUT2D eigenvalue weighted by atomic mass is 10.2. The molecule has 6 heteroatoms. The smallest absolute Gasteiger partial charge is 0.337 e. The fraction of sp³-hybridized carbons (Fsp3) is 0.125. The Morgan fingerprint density at radius 1 is 1.50 bits per heavy atom. The number of benzene rings is 1. The van der Waals surface area contributed by atoms with Gasteiger partial charge in [-0.2, -0.15) is 0 Å². The van der Waals surface area contributed by atoms with E-state index >= 15 is 0 Å². The Balaban J connectivity index is 3.20. The SMILES string of the molecule is COC(=O)c1cc(F)cc(S(=O)O)c1. The molecular formula is C8H7FO4S. The standard InChI is InChI=1S/C8H7FO4S/c1-13-8(10)5-2-6(9)4-7(3-5)14(11)12/h2-4H,1H3,(H,11,12).